The summed E-state index contributed by atoms with van der Waals surface area (Å²) in [5.74, 6) is 0. The number of nitrogens with zero attached hydrogens (tertiary/aromatic N) is 1. The van der Waals surface area contributed by atoms with Gasteiger partial charge in [0.1, 0.15) is 0 Å². The highest BCUT2D eigenvalue weighted by atomic mass is 16.3. The Hall–Kier alpha value is -0.120. The van der Waals surface area contributed by atoms with E-state index in [-0.39, 0.29) is 12.1 Å². The molecule has 2 N–H and O–H groups in total. The fourth-order valence-electron chi connectivity index (χ4n) is 1.09. The van der Waals surface area contributed by atoms with Gasteiger partial charge in [0.05, 0.1) is 6.61 Å². The molecular formula is C10H24N2O. The fraction of sp³-hybridized carbons (Fsp3) is 1.00. The zero-order valence-corrected chi connectivity index (χ0v) is 9.43. The Labute approximate surface area is 82.1 Å². The van der Waals surface area contributed by atoms with Crippen LogP contribution >= 0.6 is 0 Å². The smallest absolute Gasteiger partial charge is 0.0558 e. The van der Waals surface area contributed by atoms with Crippen LogP contribution in [0.4, 0.5) is 0 Å². The summed E-state index contributed by atoms with van der Waals surface area (Å²) in [5, 5.41) is 12.1. The highest BCUT2D eigenvalue weighted by Gasteiger charge is 2.07. The number of aliphatic hydroxyl groups is 1. The van der Waals surface area contributed by atoms with Crippen molar-refractivity contribution in [1.29, 1.82) is 0 Å². The predicted molar refractivity (Wildman–Crippen MR) is 57.0 cm³/mol. The van der Waals surface area contributed by atoms with E-state index in [1.165, 1.54) is 0 Å². The molecule has 0 amide bonds. The van der Waals surface area contributed by atoms with Crippen molar-refractivity contribution in [2.24, 2.45) is 0 Å². The van der Waals surface area contributed by atoms with Gasteiger partial charge in [0.2, 0.25) is 0 Å². The van der Waals surface area contributed by atoms with Gasteiger partial charge in [-0.3, -0.25) is 0 Å². The number of nitrogens with one attached hydrogen (secondary N) is 1. The standard InChI is InChI=1S/C10H24N2O/c1-10(2,3)11-6-5-7-12(4)8-9-13/h11,13H,5-9H2,1-4H3. The van der Waals surface area contributed by atoms with Crippen LogP contribution in [-0.4, -0.2) is 48.8 Å². The quantitative estimate of drug-likeness (QED) is 0.602. The van der Waals surface area contributed by atoms with Crippen molar-refractivity contribution in [3.63, 3.8) is 0 Å². The second-order valence-electron chi connectivity index (χ2n) is 4.56. The molecule has 0 heterocycles. The minimum absolute atomic E-state index is 0.218. The van der Waals surface area contributed by atoms with Crippen molar-refractivity contribution in [1.82, 2.24) is 10.2 Å². The summed E-state index contributed by atoms with van der Waals surface area (Å²) < 4.78 is 0. The van der Waals surface area contributed by atoms with Crippen LogP contribution in [0.3, 0.4) is 0 Å². The summed E-state index contributed by atoms with van der Waals surface area (Å²) >= 11 is 0. The van der Waals surface area contributed by atoms with Crippen LogP contribution in [0.1, 0.15) is 27.2 Å². The third-order valence-electron chi connectivity index (χ3n) is 1.85. The highest BCUT2D eigenvalue weighted by Crippen LogP contribution is 1.98. The molecule has 0 spiro atoms. The van der Waals surface area contributed by atoms with E-state index in [1.807, 2.05) is 7.05 Å². The Morgan fingerprint density at radius 2 is 1.85 bits per heavy atom. The molecule has 0 atom stereocenters. The number of rotatable bonds is 6. The minimum atomic E-state index is 0.218. The van der Waals surface area contributed by atoms with Gasteiger partial charge in [-0.05, 0) is 47.3 Å². The lowest BCUT2D eigenvalue weighted by Crippen LogP contribution is -2.37. The average molecular weight is 188 g/mol. The van der Waals surface area contributed by atoms with Crippen LogP contribution in [0.5, 0.6) is 0 Å². The molecule has 0 radical (unpaired) electrons. The van der Waals surface area contributed by atoms with Crippen LogP contribution in [-0.2, 0) is 0 Å². The maximum Gasteiger partial charge on any atom is 0.0558 e. The molecule has 0 bridgehead atoms. The first-order chi connectivity index (χ1) is 5.95. The molecule has 0 rings (SSSR count). The summed E-state index contributed by atoms with van der Waals surface area (Å²) in [6, 6.07) is 0. The highest BCUT2D eigenvalue weighted by molar-refractivity contribution is 4.69. The van der Waals surface area contributed by atoms with Crippen molar-refractivity contribution in [2.75, 3.05) is 33.3 Å². The topological polar surface area (TPSA) is 35.5 Å². The summed E-state index contributed by atoms with van der Waals surface area (Å²) in [6.45, 7) is 9.63. The Bertz CT molecular complexity index is 121. The lowest BCUT2D eigenvalue weighted by Gasteiger charge is -2.21. The Kier molecular flexibility index (Phi) is 6.29. The van der Waals surface area contributed by atoms with Gasteiger partial charge in [-0.15, -0.1) is 0 Å². The van der Waals surface area contributed by atoms with E-state index < -0.39 is 0 Å². The first kappa shape index (κ1) is 12.9. The van der Waals surface area contributed by atoms with Crippen molar-refractivity contribution in [2.45, 2.75) is 32.7 Å². The second-order valence-corrected chi connectivity index (χ2v) is 4.56. The van der Waals surface area contributed by atoms with Gasteiger partial charge >= 0.3 is 0 Å². The Morgan fingerprint density at radius 1 is 1.23 bits per heavy atom. The summed E-state index contributed by atoms with van der Waals surface area (Å²) in [6.07, 6.45) is 1.13. The number of hydrogen-bond donors (Lipinski definition) is 2. The van der Waals surface area contributed by atoms with E-state index in [0.29, 0.717) is 0 Å². The Morgan fingerprint density at radius 3 is 2.31 bits per heavy atom. The van der Waals surface area contributed by atoms with Gasteiger partial charge in [0, 0.05) is 12.1 Å². The van der Waals surface area contributed by atoms with E-state index >= 15 is 0 Å². The number of likely N-dealkylation sites (N-methyl/N-ethyl adjacent to an activating group) is 1. The van der Waals surface area contributed by atoms with E-state index in [9.17, 15) is 0 Å². The monoisotopic (exact) mass is 188 g/mol. The van der Waals surface area contributed by atoms with Gasteiger partial charge in [-0.25, -0.2) is 0 Å². The van der Waals surface area contributed by atoms with Crippen molar-refractivity contribution >= 4 is 0 Å². The molecule has 0 saturated carbocycles. The molecule has 0 aromatic carbocycles. The van der Waals surface area contributed by atoms with Crippen molar-refractivity contribution < 1.29 is 5.11 Å². The number of aliphatic hydroxyl groups excluding tert-OH is 1. The third kappa shape index (κ3) is 9.80. The predicted octanol–water partition coefficient (Wildman–Crippen LogP) is 0.689. The molecule has 0 aliphatic heterocycles. The first-order valence-corrected chi connectivity index (χ1v) is 5.00. The SMILES string of the molecule is CN(CCO)CCCNC(C)(C)C. The summed E-state index contributed by atoms with van der Waals surface area (Å²) in [4.78, 5) is 2.14. The van der Waals surface area contributed by atoms with E-state index in [1.54, 1.807) is 0 Å². The molecule has 0 aliphatic carbocycles. The molecule has 0 aliphatic rings. The number of hydrogen-bond acceptors (Lipinski definition) is 3. The second kappa shape index (κ2) is 6.35. The molecular weight excluding hydrogens is 164 g/mol. The normalized spacial score (nSPS) is 12.5. The summed E-state index contributed by atoms with van der Waals surface area (Å²) in [7, 11) is 2.04. The zero-order chi connectivity index (χ0) is 10.3. The van der Waals surface area contributed by atoms with Gasteiger partial charge in [0.15, 0.2) is 0 Å². The zero-order valence-electron chi connectivity index (χ0n) is 9.43. The third-order valence-corrected chi connectivity index (χ3v) is 1.85. The molecule has 3 nitrogen and oxygen atoms in total. The molecule has 0 unspecified atom stereocenters. The molecule has 0 aromatic rings. The van der Waals surface area contributed by atoms with Gasteiger partial charge in [-0.2, -0.15) is 0 Å². The van der Waals surface area contributed by atoms with Gasteiger partial charge in [0.25, 0.3) is 0 Å². The lowest BCUT2D eigenvalue weighted by atomic mass is 10.1. The minimum Gasteiger partial charge on any atom is -0.395 e. The molecule has 13 heavy (non-hydrogen) atoms. The van der Waals surface area contributed by atoms with Gasteiger partial charge < -0.3 is 15.3 Å². The average Bonchev–Trinajstić information content (AvgIpc) is 1.97. The molecule has 3 heteroatoms. The maximum atomic E-state index is 8.67. The van der Waals surface area contributed by atoms with E-state index in [0.717, 1.165) is 26.1 Å². The molecule has 0 saturated heterocycles. The van der Waals surface area contributed by atoms with Crippen molar-refractivity contribution in [3.8, 4) is 0 Å². The fourth-order valence-corrected chi connectivity index (χ4v) is 1.09. The van der Waals surface area contributed by atoms with Gasteiger partial charge in [-0.1, -0.05) is 0 Å². The molecule has 80 valence electrons. The maximum absolute atomic E-state index is 8.67. The molecule has 0 aromatic heterocycles. The van der Waals surface area contributed by atoms with E-state index in [4.69, 9.17) is 5.11 Å². The van der Waals surface area contributed by atoms with E-state index in [2.05, 4.69) is 31.0 Å². The Balaban J connectivity index is 3.25. The summed E-state index contributed by atoms with van der Waals surface area (Å²) in [5.41, 5.74) is 0.218. The van der Waals surface area contributed by atoms with Crippen LogP contribution in [0, 0.1) is 0 Å². The van der Waals surface area contributed by atoms with Crippen LogP contribution in [0.2, 0.25) is 0 Å². The largest absolute Gasteiger partial charge is 0.395 e. The van der Waals surface area contributed by atoms with Crippen LogP contribution in [0.15, 0.2) is 0 Å². The van der Waals surface area contributed by atoms with Crippen LogP contribution < -0.4 is 5.32 Å². The first-order valence-electron chi connectivity index (χ1n) is 5.00. The lowest BCUT2D eigenvalue weighted by molar-refractivity contribution is 0.218. The van der Waals surface area contributed by atoms with Crippen molar-refractivity contribution in [3.05, 3.63) is 0 Å². The molecule has 0 fully saturated rings. The van der Waals surface area contributed by atoms with Crippen LogP contribution in [0.25, 0.3) is 0 Å².